The molecule has 1 rings (SSSR count). The lowest BCUT2D eigenvalue weighted by Crippen LogP contribution is -2.38. The molecular weight excluding hydrogens is 222 g/mol. The standard InChI is InChI=1S/C12H21NO4/c1-11(2,3)16-10(15)13-17-9(14)12(4)7-5-6-8-12/h5-8H2,1-4H3,(H,13,15). The van der Waals surface area contributed by atoms with Crippen molar-refractivity contribution >= 4 is 12.1 Å². The monoisotopic (exact) mass is 243 g/mol. The number of ether oxygens (including phenoxy) is 1. The molecule has 1 aliphatic carbocycles. The number of hydroxylamine groups is 1. The van der Waals surface area contributed by atoms with Gasteiger partial charge < -0.3 is 9.57 Å². The molecule has 1 fully saturated rings. The Morgan fingerprint density at radius 3 is 2.18 bits per heavy atom. The molecule has 0 aromatic carbocycles. The smallest absolute Gasteiger partial charge is 0.441 e. The first-order chi connectivity index (χ1) is 7.73. The van der Waals surface area contributed by atoms with Gasteiger partial charge in [-0.3, -0.25) is 0 Å². The Morgan fingerprint density at radius 2 is 1.71 bits per heavy atom. The van der Waals surface area contributed by atoms with E-state index in [1.54, 1.807) is 20.8 Å². The average Bonchev–Trinajstić information content (AvgIpc) is 2.60. The first kappa shape index (κ1) is 13.8. The van der Waals surface area contributed by atoms with Crippen LogP contribution in [0, 0.1) is 5.41 Å². The summed E-state index contributed by atoms with van der Waals surface area (Å²) in [6.07, 6.45) is 2.92. The maximum atomic E-state index is 11.7. The van der Waals surface area contributed by atoms with Gasteiger partial charge in [0.25, 0.3) is 0 Å². The van der Waals surface area contributed by atoms with Crippen LogP contribution in [-0.2, 0) is 14.4 Å². The molecule has 1 aliphatic rings. The van der Waals surface area contributed by atoms with E-state index in [0.717, 1.165) is 25.7 Å². The van der Waals surface area contributed by atoms with Crippen LogP contribution >= 0.6 is 0 Å². The van der Waals surface area contributed by atoms with E-state index in [4.69, 9.17) is 9.57 Å². The number of hydrogen-bond acceptors (Lipinski definition) is 4. The van der Waals surface area contributed by atoms with E-state index in [9.17, 15) is 9.59 Å². The van der Waals surface area contributed by atoms with Gasteiger partial charge in [-0.05, 0) is 40.5 Å². The average molecular weight is 243 g/mol. The van der Waals surface area contributed by atoms with E-state index < -0.39 is 17.1 Å². The van der Waals surface area contributed by atoms with Crippen molar-refractivity contribution in [2.75, 3.05) is 0 Å². The number of hydrogen-bond donors (Lipinski definition) is 1. The van der Waals surface area contributed by atoms with Gasteiger partial charge >= 0.3 is 12.1 Å². The fourth-order valence-corrected chi connectivity index (χ4v) is 1.87. The lowest BCUT2D eigenvalue weighted by molar-refractivity contribution is -0.161. The van der Waals surface area contributed by atoms with Crippen molar-refractivity contribution in [3.8, 4) is 0 Å². The molecule has 5 heteroatoms. The Balaban J connectivity index is 2.36. The molecule has 17 heavy (non-hydrogen) atoms. The summed E-state index contributed by atoms with van der Waals surface area (Å²) in [5, 5.41) is 0. The molecule has 0 saturated heterocycles. The van der Waals surface area contributed by atoms with Crippen molar-refractivity contribution in [1.29, 1.82) is 0 Å². The van der Waals surface area contributed by atoms with Crippen LogP contribution in [0.4, 0.5) is 4.79 Å². The summed E-state index contributed by atoms with van der Waals surface area (Å²) >= 11 is 0. The third-order valence-corrected chi connectivity index (χ3v) is 2.83. The van der Waals surface area contributed by atoms with Crippen molar-refractivity contribution < 1.29 is 19.2 Å². The number of carbonyl (C=O) groups is 2. The number of rotatable bonds is 1. The lowest BCUT2D eigenvalue weighted by Gasteiger charge is -2.22. The summed E-state index contributed by atoms with van der Waals surface area (Å²) in [5.41, 5.74) is 0.964. The highest BCUT2D eigenvalue weighted by molar-refractivity contribution is 5.78. The predicted molar refractivity (Wildman–Crippen MR) is 62.0 cm³/mol. The Morgan fingerprint density at radius 1 is 1.18 bits per heavy atom. The molecule has 0 bridgehead atoms. The van der Waals surface area contributed by atoms with E-state index in [1.807, 2.05) is 12.4 Å². The van der Waals surface area contributed by atoms with Gasteiger partial charge in [-0.25, -0.2) is 9.59 Å². The minimum atomic E-state index is -0.743. The van der Waals surface area contributed by atoms with Gasteiger partial charge in [-0.15, -0.1) is 5.48 Å². The predicted octanol–water partition coefficient (Wildman–Crippen LogP) is 2.55. The largest absolute Gasteiger partial charge is 0.442 e. The summed E-state index contributed by atoms with van der Waals surface area (Å²) in [6.45, 7) is 7.09. The van der Waals surface area contributed by atoms with Gasteiger partial charge in [0.15, 0.2) is 0 Å². The minimum absolute atomic E-state index is 0.388. The number of nitrogens with one attached hydrogen (secondary N) is 1. The van der Waals surface area contributed by atoms with Crippen molar-refractivity contribution in [2.24, 2.45) is 5.41 Å². The molecule has 0 aromatic rings. The van der Waals surface area contributed by atoms with E-state index in [-0.39, 0.29) is 5.97 Å². The molecule has 0 atom stereocenters. The molecule has 0 spiro atoms. The van der Waals surface area contributed by atoms with E-state index in [1.165, 1.54) is 0 Å². The first-order valence-electron chi connectivity index (χ1n) is 5.93. The summed E-state index contributed by atoms with van der Waals surface area (Å²) in [4.78, 5) is 27.8. The quantitative estimate of drug-likeness (QED) is 0.719. The maximum Gasteiger partial charge on any atom is 0.441 e. The summed E-state index contributed by atoms with van der Waals surface area (Å²) in [6, 6.07) is 0. The summed E-state index contributed by atoms with van der Waals surface area (Å²) in [5.74, 6) is -0.388. The molecule has 0 heterocycles. The molecule has 0 aliphatic heterocycles. The topological polar surface area (TPSA) is 64.6 Å². The fraction of sp³-hybridized carbons (Fsp3) is 0.833. The number of amides is 1. The molecule has 0 radical (unpaired) electrons. The molecule has 98 valence electrons. The molecule has 5 nitrogen and oxygen atoms in total. The van der Waals surface area contributed by atoms with Crippen molar-refractivity contribution in [3.05, 3.63) is 0 Å². The van der Waals surface area contributed by atoms with Gasteiger partial charge in [0.1, 0.15) is 5.60 Å². The van der Waals surface area contributed by atoms with Gasteiger partial charge in [-0.1, -0.05) is 12.8 Å². The highest BCUT2D eigenvalue weighted by Crippen LogP contribution is 2.38. The van der Waals surface area contributed by atoms with E-state index in [2.05, 4.69) is 0 Å². The molecule has 1 N–H and O–H groups in total. The number of carbonyl (C=O) groups excluding carboxylic acids is 2. The fourth-order valence-electron chi connectivity index (χ4n) is 1.87. The van der Waals surface area contributed by atoms with Crippen LogP contribution in [0.25, 0.3) is 0 Å². The van der Waals surface area contributed by atoms with Crippen molar-refractivity contribution in [2.45, 2.75) is 59.0 Å². The summed E-state index contributed by atoms with van der Waals surface area (Å²) < 4.78 is 4.96. The van der Waals surface area contributed by atoms with Crippen molar-refractivity contribution in [3.63, 3.8) is 0 Å². The normalized spacial score (nSPS) is 18.6. The Labute approximate surface area is 102 Å². The van der Waals surface area contributed by atoms with Crippen LogP contribution in [0.5, 0.6) is 0 Å². The van der Waals surface area contributed by atoms with Crippen molar-refractivity contribution in [1.82, 2.24) is 5.48 Å². The minimum Gasteiger partial charge on any atom is -0.442 e. The zero-order chi connectivity index (χ0) is 13.1. The second-order valence-electron chi connectivity index (χ2n) is 5.76. The molecular formula is C12H21NO4. The van der Waals surface area contributed by atoms with E-state index >= 15 is 0 Å². The first-order valence-corrected chi connectivity index (χ1v) is 5.93. The lowest BCUT2D eigenvalue weighted by atomic mass is 9.89. The SMILES string of the molecule is CC(C)(C)OC(=O)NOC(=O)C1(C)CCCC1. The van der Waals surface area contributed by atoms with Gasteiger partial charge in [0.2, 0.25) is 0 Å². The van der Waals surface area contributed by atoms with Crippen LogP contribution < -0.4 is 5.48 Å². The Bertz CT molecular complexity index is 300. The Kier molecular flexibility index (Phi) is 4.01. The molecule has 1 amide bonds. The van der Waals surface area contributed by atoms with Crippen LogP contribution in [-0.4, -0.2) is 17.7 Å². The summed E-state index contributed by atoms with van der Waals surface area (Å²) in [7, 11) is 0. The Hall–Kier alpha value is -1.26. The second-order valence-corrected chi connectivity index (χ2v) is 5.76. The van der Waals surface area contributed by atoms with Crippen LogP contribution in [0.1, 0.15) is 53.4 Å². The maximum absolute atomic E-state index is 11.7. The van der Waals surface area contributed by atoms with Gasteiger partial charge in [0, 0.05) is 0 Å². The molecule has 0 aromatic heterocycles. The second kappa shape index (κ2) is 4.94. The third-order valence-electron chi connectivity index (χ3n) is 2.83. The zero-order valence-electron chi connectivity index (χ0n) is 11.0. The highest BCUT2D eigenvalue weighted by Gasteiger charge is 2.38. The third kappa shape index (κ3) is 4.24. The molecule has 0 unspecified atom stereocenters. The van der Waals surface area contributed by atoms with Crippen LogP contribution in [0.15, 0.2) is 0 Å². The zero-order valence-corrected chi connectivity index (χ0v) is 11.0. The highest BCUT2D eigenvalue weighted by atomic mass is 16.7. The van der Waals surface area contributed by atoms with Gasteiger partial charge in [-0.2, -0.15) is 0 Å². The van der Waals surface area contributed by atoms with E-state index in [0.29, 0.717) is 0 Å². The van der Waals surface area contributed by atoms with Gasteiger partial charge in [0.05, 0.1) is 5.41 Å². The van der Waals surface area contributed by atoms with Crippen LogP contribution in [0.3, 0.4) is 0 Å². The molecule has 1 saturated carbocycles. The van der Waals surface area contributed by atoms with Crippen LogP contribution in [0.2, 0.25) is 0 Å².